The van der Waals surface area contributed by atoms with Crippen molar-refractivity contribution in [3.05, 3.63) is 68.8 Å². The number of nitrogens with zero attached hydrogens (tertiary/aromatic N) is 1. The Labute approximate surface area is 153 Å². The summed E-state index contributed by atoms with van der Waals surface area (Å²) in [6, 6.07) is 10.7. The molecule has 0 heterocycles. The Morgan fingerprint density at radius 2 is 1.73 bits per heavy atom. The van der Waals surface area contributed by atoms with Crippen LogP contribution in [0.3, 0.4) is 0 Å². The van der Waals surface area contributed by atoms with Crippen molar-refractivity contribution in [2.45, 2.75) is 33.6 Å². The average Bonchev–Trinajstić information content (AvgIpc) is 2.57. The van der Waals surface area contributed by atoms with Crippen molar-refractivity contribution in [2.24, 2.45) is 0 Å². The molecule has 0 aliphatic rings. The lowest BCUT2D eigenvalue weighted by Crippen LogP contribution is -2.27. The third-order valence-corrected chi connectivity index (χ3v) is 4.31. The van der Waals surface area contributed by atoms with Gasteiger partial charge in [-0.15, -0.1) is 0 Å². The molecule has 0 atom stereocenters. The summed E-state index contributed by atoms with van der Waals surface area (Å²) in [5, 5.41) is 16.8. The molecule has 2 N–H and O–H groups in total. The van der Waals surface area contributed by atoms with Crippen molar-refractivity contribution in [1.82, 2.24) is 5.32 Å². The molecule has 1 amide bonds. The quantitative estimate of drug-likeness (QED) is 0.559. The Kier molecular flexibility index (Phi) is 6.72. The molecule has 0 bridgehead atoms. The molecule has 0 aromatic heterocycles. The van der Waals surface area contributed by atoms with Gasteiger partial charge >= 0.3 is 0 Å². The molecule has 2 aromatic rings. The number of amides is 1. The van der Waals surface area contributed by atoms with Crippen LogP contribution in [-0.4, -0.2) is 23.9 Å². The van der Waals surface area contributed by atoms with Crippen LogP contribution in [0.15, 0.2) is 36.4 Å². The Bertz CT molecular complexity index is 780. The second-order valence-corrected chi connectivity index (χ2v) is 6.43. The van der Waals surface area contributed by atoms with E-state index < -0.39 is 4.92 Å². The van der Waals surface area contributed by atoms with E-state index in [0.717, 1.165) is 6.42 Å². The van der Waals surface area contributed by atoms with Gasteiger partial charge in [-0.05, 0) is 49.9 Å². The van der Waals surface area contributed by atoms with E-state index >= 15 is 0 Å². The number of aryl methyl sites for hydroxylation is 3. The van der Waals surface area contributed by atoms with E-state index in [1.165, 1.54) is 28.3 Å². The first kappa shape index (κ1) is 19.4. The van der Waals surface area contributed by atoms with Crippen LogP contribution in [0, 0.1) is 30.9 Å². The number of carbonyl (C=O) groups is 1. The van der Waals surface area contributed by atoms with E-state index in [9.17, 15) is 14.9 Å². The number of carbonyl (C=O) groups excluding carboxylic acids is 1. The normalized spacial score (nSPS) is 10.4. The van der Waals surface area contributed by atoms with E-state index in [0.29, 0.717) is 18.8 Å². The fraction of sp³-hybridized carbons (Fsp3) is 0.350. The van der Waals surface area contributed by atoms with Crippen LogP contribution in [-0.2, 0) is 11.2 Å². The largest absolute Gasteiger partial charge is 0.379 e. The van der Waals surface area contributed by atoms with Crippen molar-refractivity contribution in [2.75, 3.05) is 18.4 Å². The Morgan fingerprint density at radius 1 is 1.08 bits per heavy atom. The highest BCUT2D eigenvalue weighted by atomic mass is 16.6. The lowest BCUT2D eigenvalue weighted by atomic mass is 9.97. The van der Waals surface area contributed by atoms with Crippen LogP contribution in [0.2, 0.25) is 0 Å². The third kappa shape index (κ3) is 5.31. The molecular formula is C20H25N3O3. The summed E-state index contributed by atoms with van der Waals surface area (Å²) in [6.45, 7) is 7.19. The standard InChI is InChI=1S/C20H25N3O3/c1-14-12-15(2)17(16(3)13-14)8-10-22-20(24)9-11-21-18-6-4-5-7-19(18)23(25)26/h4-7,12-13,21H,8-11H2,1-3H3,(H,22,24). The fourth-order valence-corrected chi connectivity index (χ4v) is 3.11. The van der Waals surface area contributed by atoms with E-state index in [1.807, 2.05) is 0 Å². The van der Waals surface area contributed by atoms with Crippen molar-refractivity contribution >= 4 is 17.3 Å². The fourth-order valence-electron chi connectivity index (χ4n) is 3.11. The Morgan fingerprint density at radius 3 is 2.38 bits per heavy atom. The summed E-state index contributed by atoms with van der Waals surface area (Å²) in [6.07, 6.45) is 1.05. The van der Waals surface area contributed by atoms with Gasteiger partial charge in [0.25, 0.3) is 5.69 Å². The van der Waals surface area contributed by atoms with Gasteiger partial charge in [0.05, 0.1) is 4.92 Å². The maximum atomic E-state index is 12.0. The minimum Gasteiger partial charge on any atom is -0.379 e. The van der Waals surface area contributed by atoms with Gasteiger partial charge in [0.1, 0.15) is 5.69 Å². The molecule has 0 saturated heterocycles. The van der Waals surface area contributed by atoms with Gasteiger partial charge in [0.2, 0.25) is 5.91 Å². The van der Waals surface area contributed by atoms with Crippen molar-refractivity contribution in [3.8, 4) is 0 Å². The summed E-state index contributed by atoms with van der Waals surface area (Å²) in [5.41, 5.74) is 5.45. The van der Waals surface area contributed by atoms with Gasteiger partial charge in [-0.25, -0.2) is 0 Å². The lowest BCUT2D eigenvalue weighted by molar-refractivity contribution is -0.384. The number of rotatable bonds is 8. The molecule has 0 fully saturated rings. The summed E-state index contributed by atoms with van der Waals surface area (Å²) >= 11 is 0. The zero-order chi connectivity index (χ0) is 19.1. The highest BCUT2D eigenvalue weighted by molar-refractivity contribution is 5.76. The second-order valence-electron chi connectivity index (χ2n) is 6.43. The molecule has 138 valence electrons. The zero-order valence-corrected chi connectivity index (χ0v) is 15.5. The predicted molar refractivity (Wildman–Crippen MR) is 104 cm³/mol. The first-order valence-corrected chi connectivity index (χ1v) is 8.69. The number of nitrogens with one attached hydrogen (secondary N) is 2. The number of benzene rings is 2. The minimum atomic E-state index is -0.436. The molecule has 0 unspecified atom stereocenters. The summed E-state index contributed by atoms with van der Waals surface area (Å²) in [4.78, 5) is 22.5. The molecule has 26 heavy (non-hydrogen) atoms. The maximum absolute atomic E-state index is 12.0. The molecule has 0 aliphatic carbocycles. The van der Waals surface area contributed by atoms with Crippen LogP contribution < -0.4 is 10.6 Å². The van der Waals surface area contributed by atoms with Crippen LogP contribution in [0.4, 0.5) is 11.4 Å². The molecule has 0 radical (unpaired) electrons. The lowest BCUT2D eigenvalue weighted by Gasteiger charge is -2.12. The molecular weight excluding hydrogens is 330 g/mol. The molecule has 0 saturated carbocycles. The molecule has 6 nitrogen and oxygen atoms in total. The van der Waals surface area contributed by atoms with E-state index in [1.54, 1.807) is 18.2 Å². The van der Waals surface area contributed by atoms with Gasteiger partial charge in [-0.2, -0.15) is 0 Å². The SMILES string of the molecule is Cc1cc(C)c(CCNC(=O)CCNc2ccccc2[N+](=O)[O-])c(C)c1. The summed E-state index contributed by atoms with van der Waals surface area (Å²) in [5.74, 6) is -0.0708. The molecule has 0 spiro atoms. The first-order valence-electron chi connectivity index (χ1n) is 8.69. The molecule has 2 aromatic carbocycles. The number of nitro groups is 1. The molecule has 2 rings (SSSR count). The van der Waals surface area contributed by atoms with Gasteiger partial charge in [0, 0.05) is 25.6 Å². The van der Waals surface area contributed by atoms with Crippen LogP contribution in [0.1, 0.15) is 28.7 Å². The first-order chi connectivity index (χ1) is 12.4. The number of nitro benzene ring substituents is 1. The Balaban J connectivity index is 1.77. The summed E-state index contributed by atoms with van der Waals surface area (Å²) in [7, 11) is 0. The number of anilines is 1. The third-order valence-electron chi connectivity index (χ3n) is 4.31. The highest BCUT2D eigenvalue weighted by Crippen LogP contribution is 2.22. The van der Waals surface area contributed by atoms with Gasteiger partial charge in [-0.1, -0.05) is 29.8 Å². The Hall–Kier alpha value is -2.89. The average molecular weight is 355 g/mol. The van der Waals surface area contributed by atoms with E-state index in [4.69, 9.17) is 0 Å². The number of hydrogen-bond donors (Lipinski definition) is 2. The van der Waals surface area contributed by atoms with Gasteiger partial charge in [0.15, 0.2) is 0 Å². The van der Waals surface area contributed by atoms with Crippen molar-refractivity contribution < 1.29 is 9.72 Å². The number of para-hydroxylation sites is 2. The number of hydrogen-bond acceptors (Lipinski definition) is 4. The predicted octanol–water partition coefficient (Wildman–Crippen LogP) is 3.68. The summed E-state index contributed by atoms with van der Waals surface area (Å²) < 4.78 is 0. The molecule has 0 aliphatic heterocycles. The van der Waals surface area contributed by atoms with Gasteiger partial charge < -0.3 is 10.6 Å². The zero-order valence-electron chi connectivity index (χ0n) is 15.5. The monoisotopic (exact) mass is 355 g/mol. The van der Waals surface area contributed by atoms with Crippen LogP contribution >= 0.6 is 0 Å². The molecule has 6 heteroatoms. The van der Waals surface area contributed by atoms with Crippen molar-refractivity contribution in [3.63, 3.8) is 0 Å². The van der Waals surface area contributed by atoms with Crippen LogP contribution in [0.25, 0.3) is 0 Å². The topological polar surface area (TPSA) is 84.3 Å². The second kappa shape index (κ2) is 8.99. The minimum absolute atomic E-state index is 0.0122. The van der Waals surface area contributed by atoms with E-state index in [2.05, 4.69) is 43.5 Å². The van der Waals surface area contributed by atoms with E-state index in [-0.39, 0.29) is 18.0 Å². The highest BCUT2D eigenvalue weighted by Gasteiger charge is 2.12. The van der Waals surface area contributed by atoms with Crippen LogP contribution in [0.5, 0.6) is 0 Å². The van der Waals surface area contributed by atoms with Crippen molar-refractivity contribution in [1.29, 1.82) is 0 Å². The maximum Gasteiger partial charge on any atom is 0.292 e. The van der Waals surface area contributed by atoms with Gasteiger partial charge in [-0.3, -0.25) is 14.9 Å². The smallest absolute Gasteiger partial charge is 0.292 e.